The quantitative estimate of drug-likeness (QED) is 0.420. The highest BCUT2D eigenvalue weighted by Gasteiger charge is 2.31. The van der Waals surface area contributed by atoms with E-state index in [2.05, 4.69) is 49.3 Å². The monoisotopic (exact) mass is 531 g/mol. The van der Waals surface area contributed by atoms with Gasteiger partial charge in [0.1, 0.15) is 5.75 Å². The molecule has 2 aromatic heterocycles. The fourth-order valence-corrected chi connectivity index (χ4v) is 5.66. The van der Waals surface area contributed by atoms with Crippen molar-refractivity contribution in [3.05, 3.63) is 54.0 Å². The summed E-state index contributed by atoms with van der Waals surface area (Å²) in [5.41, 5.74) is 8.18. The third-order valence-electron chi connectivity index (χ3n) is 7.96. The van der Waals surface area contributed by atoms with Crippen molar-refractivity contribution in [3.8, 4) is 11.6 Å². The van der Waals surface area contributed by atoms with E-state index in [0.29, 0.717) is 37.1 Å². The van der Waals surface area contributed by atoms with Gasteiger partial charge in [-0.1, -0.05) is 37.3 Å². The smallest absolute Gasteiger partial charge is 0.222 e. The topological polar surface area (TPSA) is 139 Å². The molecule has 0 unspecified atom stereocenters. The minimum absolute atomic E-state index is 0.0693. The number of amides is 1. The molecule has 2 aliphatic rings. The summed E-state index contributed by atoms with van der Waals surface area (Å²) in [6.07, 6.45) is 6.66. The number of carbonyl (C=O) groups excluding carboxylic acids is 1. The first-order valence-electron chi connectivity index (χ1n) is 13.7. The van der Waals surface area contributed by atoms with Gasteiger partial charge in [0.25, 0.3) is 0 Å². The van der Waals surface area contributed by atoms with E-state index in [1.54, 1.807) is 6.20 Å². The number of ether oxygens (including phenoxy) is 1. The number of benzene rings is 1. The van der Waals surface area contributed by atoms with Crippen LogP contribution in [0, 0.1) is 5.92 Å². The largest absolute Gasteiger partial charge is 0.439 e. The minimum atomic E-state index is 0.0693. The Balaban J connectivity index is 1.19. The molecule has 0 bridgehead atoms. The van der Waals surface area contributed by atoms with Crippen molar-refractivity contribution in [1.29, 1.82) is 0 Å². The van der Waals surface area contributed by atoms with E-state index in [0.717, 1.165) is 48.5 Å². The Hall–Kier alpha value is -4.02. The van der Waals surface area contributed by atoms with Crippen molar-refractivity contribution >= 4 is 17.6 Å². The Morgan fingerprint density at radius 1 is 1.21 bits per heavy atom. The fourth-order valence-electron chi connectivity index (χ4n) is 5.66. The maximum atomic E-state index is 13.2. The van der Waals surface area contributed by atoms with Gasteiger partial charge in [-0.05, 0) is 50.2 Å². The van der Waals surface area contributed by atoms with Crippen LogP contribution in [-0.4, -0.2) is 66.4 Å². The molecule has 206 valence electrons. The second-order valence-electron chi connectivity index (χ2n) is 10.8. The van der Waals surface area contributed by atoms with Crippen molar-refractivity contribution in [2.45, 2.75) is 76.9 Å². The van der Waals surface area contributed by atoms with E-state index in [-0.39, 0.29) is 23.9 Å². The van der Waals surface area contributed by atoms with E-state index in [1.807, 2.05) is 48.3 Å². The van der Waals surface area contributed by atoms with Crippen LogP contribution in [0.5, 0.6) is 11.6 Å². The molecule has 3 aromatic rings. The highest BCUT2D eigenvalue weighted by atomic mass is 16.5. The summed E-state index contributed by atoms with van der Waals surface area (Å²) in [5, 5.41) is 14.5. The van der Waals surface area contributed by atoms with Gasteiger partial charge in [-0.3, -0.25) is 4.79 Å². The minimum Gasteiger partial charge on any atom is -0.439 e. The maximum absolute atomic E-state index is 13.2. The van der Waals surface area contributed by atoms with E-state index in [1.165, 1.54) is 0 Å². The van der Waals surface area contributed by atoms with Crippen molar-refractivity contribution in [3.63, 3.8) is 0 Å². The molecule has 5 rings (SSSR count). The average Bonchev–Trinajstić information content (AvgIpc) is 3.49. The molecule has 0 spiro atoms. The van der Waals surface area contributed by atoms with Crippen LogP contribution in [0.3, 0.4) is 0 Å². The number of hydrogen-bond donors (Lipinski definition) is 2. The second kappa shape index (κ2) is 11.8. The number of para-hydroxylation sites is 1. The summed E-state index contributed by atoms with van der Waals surface area (Å²) in [5.74, 6) is 3.24. The number of carbonyl (C=O) groups is 1. The van der Waals surface area contributed by atoms with E-state index in [9.17, 15) is 4.79 Å². The molecule has 3 N–H and O–H groups in total. The molecule has 1 fully saturated rings. The number of rotatable bonds is 9. The van der Waals surface area contributed by atoms with Crippen LogP contribution in [0.4, 0.5) is 5.69 Å². The molecule has 0 radical (unpaired) electrons. The molecule has 1 amide bonds. The Morgan fingerprint density at radius 3 is 2.67 bits per heavy atom. The van der Waals surface area contributed by atoms with Crippen LogP contribution < -0.4 is 10.5 Å². The molecule has 1 atom stereocenters. The number of nitrogens with zero attached hydrogens (tertiary/aromatic N) is 7. The zero-order valence-electron chi connectivity index (χ0n) is 22.8. The first kappa shape index (κ1) is 26.6. The fraction of sp³-hybridized carbons (Fsp3) is 0.500. The standard InChI is InChI=1S/C28H37N9O2/c1-18(2)24(13-14-26(38)36(3)21-11-9-19(10-12-21)27-32-34-35-33-27)37-17-20-15-25(30-16-23(20)31-28(37)29)39-22-7-5-4-6-8-22/h4-8,15-16,18-19,21,24H,9-14,17H2,1-3H3,(H2,29,31)(H,32,33,34,35)/t19?,21?,24-/m0/s1. The number of pyridine rings is 1. The lowest BCUT2D eigenvalue weighted by molar-refractivity contribution is -0.133. The van der Waals surface area contributed by atoms with Gasteiger partial charge < -0.3 is 20.3 Å². The predicted molar refractivity (Wildman–Crippen MR) is 147 cm³/mol. The summed E-state index contributed by atoms with van der Waals surface area (Å²) in [7, 11) is 1.93. The third-order valence-corrected chi connectivity index (χ3v) is 7.96. The maximum Gasteiger partial charge on any atom is 0.222 e. The van der Waals surface area contributed by atoms with Gasteiger partial charge in [0.15, 0.2) is 11.8 Å². The van der Waals surface area contributed by atoms with Gasteiger partial charge >= 0.3 is 0 Å². The molecular weight excluding hydrogens is 494 g/mol. The van der Waals surface area contributed by atoms with E-state index < -0.39 is 0 Å². The Kier molecular flexibility index (Phi) is 8.04. The summed E-state index contributed by atoms with van der Waals surface area (Å²) in [6, 6.07) is 11.8. The molecular formula is C28H37N9O2. The zero-order valence-corrected chi connectivity index (χ0v) is 22.8. The normalized spacial score (nSPS) is 19.8. The SMILES string of the molecule is CC(C)[C@H](CCC(=O)N(C)C1CCC(c2nn[nH]n2)CC1)N1Cc2cc(Oc3ccccc3)ncc2N=C1N. The van der Waals surface area contributed by atoms with Gasteiger partial charge in [-0.2, -0.15) is 5.21 Å². The van der Waals surface area contributed by atoms with Crippen molar-refractivity contribution in [2.24, 2.45) is 16.6 Å². The number of guanidine groups is 1. The lowest BCUT2D eigenvalue weighted by atomic mass is 9.85. The van der Waals surface area contributed by atoms with Crippen LogP contribution in [-0.2, 0) is 11.3 Å². The Morgan fingerprint density at radius 2 is 1.97 bits per heavy atom. The number of nitrogens with one attached hydrogen (secondary N) is 1. The molecule has 1 aliphatic carbocycles. The Labute approximate surface area is 228 Å². The molecule has 11 nitrogen and oxygen atoms in total. The van der Waals surface area contributed by atoms with Crippen LogP contribution in [0.2, 0.25) is 0 Å². The van der Waals surface area contributed by atoms with Gasteiger partial charge in [0, 0.05) is 49.6 Å². The number of aromatic amines is 1. The number of hydrogen-bond acceptors (Lipinski definition) is 9. The van der Waals surface area contributed by atoms with Crippen molar-refractivity contribution in [2.75, 3.05) is 7.05 Å². The number of nitrogens with two attached hydrogens (primary N) is 1. The molecule has 1 saturated carbocycles. The molecule has 39 heavy (non-hydrogen) atoms. The van der Waals surface area contributed by atoms with Crippen molar-refractivity contribution in [1.82, 2.24) is 35.4 Å². The number of H-pyrrole nitrogens is 1. The number of aliphatic imine (C=N–C) groups is 1. The third kappa shape index (κ3) is 6.18. The van der Waals surface area contributed by atoms with Crippen LogP contribution in [0.15, 0.2) is 47.6 Å². The van der Waals surface area contributed by atoms with Gasteiger partial charge in [-0.25, -0.2) is 9.98 Å². The molecule has 0 saturated heterocycles. The lowest BCUT2D eigenvalue weighted by Crippen LogP contribution is -2.48. The lowest BCUT2D eigenvalue weighted by Gasteiger charge is -2.38. The molecule has 1 aromatic carbocycles. The summed E-state index contributed by atoms with van der Waals surface area (Å²) in [6.45, 7) is 4.92. The predicted octanol–water partition coefficient (Wildman–Crippen LogP) is 4.14. The van der Waals surface area contributed by atoms with Crippen LogP contribution >= 0.6 is 0 Å². The second-order valence-corrected chi connectivity index (χ2v) is 10.8. The average molecular weight is 532 g/mol. The summed E-state index contributed by atoms with van der Waals surface area (Å²) >= 11 is 0. The summed E-state index contributed by atoms with van der Waals surface area (Å²) < 4.78 is 5.93. The van der Waals surface area contributed by atoms with Gasteiger partial charge in [0.2, 0.25) is 11.8 Å². The van der Waals surface area contributed by atoms with E-state index >= 15 is 0 Å². The number of tetrazole rings is 1. The highest BCUT2D eigenvalue weighted by molar-refractivity contribution is 5.84. The van der Waals surface area contributed by atoms with Gasteiger partial charge in [0.05, 0.1) is 11.9 Å². The summed E-state index contributed by atoms with van der Waals surface area (Å²) in [4.78, 5) is 26.3. The van der Waals surface area contributed by atoms with Crippen LogP contribution in [0.1, 0.15) is 69.7 Å². The Bertz CT molecular complexity index is 1270. The zero-order chi connectivity index (χ0) is 27.4. The molecule has 11 heteroatoms. The first-order valence-corrected chi connectivity index (χ1v) is 13.7. The highest BCUT2D eigenvalue weighted by Crippen LogP contribution is 2.34. The van der Waals surface area contributed by atoms with Gasteiger partial charge in [-0.15, -0.1) is 10.2 Å². The molecule has 1 aliphatic heterocycles. The van der Waals surface area contributed by atoms with Crippen molar-refractivity contribution < 1.29 is 9.53 Å². The number of fused-ring (bicyclic) bond motifs is 1. The van der Waals surface area contributed by atoms with Crippen LogP contribution in [0.25, 0.3) is 0 Å². The first-order chi connectivity index (χ1) is 18.9. The molecule has 3 heterocycles. The van der Waals surface area contributed by atoms with E-state index in [4.69, 9.17) is 10.5 Å². The number of aromatic nitrogens is 5.